The second kappa shape index (κ2) is 5.43. The van der Waals surface area contributed by atoms with Crippen LogP contribution in [-0.2, 0) is 0 Å². The highest BCUT2D eigenvalue weighted by molar-refractivity contribution is 7.41. The second-order valence-corrected chi connectivity index (χ2v) is 24.2. The molecule has 0 saturated carbocycles. The summed E-state index contributed by atoms with van der Waals surface area (Å²) in [7, 11) is -2.96. The third-order valence-electron chi connectivity index (χ3n) is 6.81. The van der Waals surface area contributed by atoms with Crippen molar-refractivity contribution in [2.75, 3.05) is 0 Å². The summed E-state index contributed by atoms with van der Waals surface area (Å²) in [5, 5.41) is 0. The van der Waals surface area contributed by atoms with E-state index in [-0.39, 0.29) is 0 Å². The van der Waals surface area contributed by atoms with Crippen molar-refractivity contribution in [2.45, 2.75) is 37.3 Å². The maximum Gasteiger partial charge on any atom is 0.0548 e. The lowest BCUT2D eigenvalue weighted by Gasteiger charge is -2.46. The van der Waals surface area contributed by atoms with Crippen molar-refractivity contribution in [3.05, 3.63) is 82.9 Å². The molecule has 0 N–H and O–H groups in total. The fourth-order valence-electron chi connectivity index (χ4n) is 4.56. The molecule has 4 rings (SSSR count). The van der Waals surface area contributed by atoms with Gasteiger partial charge in [0.05, 0.1) is 15.2 Å². The minimum absolute atomic E-state index is 0.663. The highest BCUT2D eigenvalue weighted by atomic mass is 29.3. The van der Waals surface area contributed by atoms with Gasteiger partial charge in [-0.05, 0) is 33.3 Å². The first-order valence-electron chi connectivity index (χ1n) is 8.97. The van der Waals surface area contributed by atoms with Crippen LogP contribution in [0.3, 0.4) is 0 Å². The van der Waals surface area contributed by atoms with Gasteiger partial charge in [-0.1, -0.05) is 99.0 Å². The molecule has 0 radical (unpaired) electrons. The quantitative estimate of drug-likeness (QED) is 0.582. The molecule has 2 heteroatoms. The van der Waals surface area contributed by atoms with E-state index in [2.05, 4.69) is 99.0 Å². The van der Waals surface area contributed by atoms with Crippen molar-refractivity contribution in [3.63, 3.8) is 0 Å². The van der Waals surface area contributed by atoms with Gasteiger partial charge in [0.25, 0.3) is 0 Å². The van der Waals surface area contributed by atoms with E-state index in [1.807, 2.05) is 0 Å². The molecule has 2 unspecified atom stereocenters. The summed E-state index contributed by atoms with van der Waals surface area (Å²) in [6.45, 7) is 10.6. The summed E-state index contributed by atoms with van der Waals surface area (Å²) in [4.78, 5) is 0. The third-order valence-corrected chi connectivity index (χ3v) is 26.1. The van der Waals surface area contributed by atoms with Crippen LogP contribution in [0.2, 0.25) is 26.2 Å². The summed E-state index contributed by atoms with van der Waals surface area (Å²) in [5.74, 6) is 0. The van der Waals surface area contributed by atoms with Gasteiger partial charge in [-0.2, -0.15) is 0 Å². The predicted octanol–water partition coefficient (Wildman–Crippen LogP) is 6.18. The number of fused-ring (bicyclic) bond motifs is 2. The average Bonchev–Trinajstić information content (AvgIpc) is 3.19. The molecule has 2 aromatic rings. The minimum atomic E-state index is -1.48. The Bertz CT molecular complexity index is 771. The van der Waals surface area contributed by atoms with Crippen molar-refractivity contribution in [2.24, 2.45) is 0 Å². The van der Waals surface area contributed by atoms with E-state index < -0.39 is 15.2 Å². The van der Waals surface area contributed by atoms with E-state index in [9.17, 15) is 0 Å². The molecule has 0 fully saturated rings. The number of allylic oxidation sites excluding steroid dienone is 2. The van der Waals surface area contributed by atoms with Crippen LogP contribution in [0.4, 0.5) is 0 Å². The normalized spacial score (nSPS) is 21.8. The second-order valence-electron chi connectivity index (χ2n) is 8.37. The van der Waals surface area contributed by atoms with Gasteiger partial charge in [-0.15, -0.1) is 0 Å². The number of benzene rings is 2. The fraction of sp³-hybridized carbons (Fsp3) is 0.273. The van der Waals surface area contributed by atoms with Crippen LogP contribution >= 0.6 is 0 Å². The molecule has 0 aromatic heterocycles. The van der Waals surface area contributed by atoms with E-state index in [4.69, 9.17) is 0 Å². The first-order valence-corrected chi connectivity index (χ1v) is 16.1. The lowest BCUT2D eigenvalue weighted by molar-refractivity contribution is 1.13. The Labute approximate surface area is 147 Å². The van der Waals surface area contributed by atoms with E-state index in [0.29, 0.717) is 11.1 Å². The predicted molar refractivity (Wildman–Crippen MR) is 111 cm³/mol. The first kappa shape index (κ1) is 15.9. The number of rotatable bonds is 3. The summed E-state index contributed by atoms with van der Waals surface area (Å²) < 4.78 is 0. The molecular weight excluding hydrogens is 320 g/mol. The smallest absolute Gasteiger partial charge is 0.0548 e. The fourth-order valence-corrected chi connectivity index (χ4v) is 15.7. The molecule has 0 heterocycles. The third kappa shape index (κ3) is 2.16. The van der Waals surface area contributed by atoms with Crippen molar-refractivity contribution in [3.8, 4) is 0 Å². The first-order chi connectivity index (χ1) is 11.4. The van der Waals surface area contributed by atoms with Crippen LogP contribution in [0.25, 0.3) is 12.2 Å². The SMILES string of the molecule is C[Si](C)(C1C=Cc2ccccc21)[Si](C)(C)C1C=Cc2ccccc21. The standard InChI is InChI=1S/C22H26Si2/c1-23(2,21-15-13-17-9-5-7-11-19(17)21)24(3,4)22-16-14-18-10-6-8-12-20(18)22/h5-16,21-22H,1-4H3. The molecule has 24 heavy (non-hydrogen) atoms. The Hall–Kier alpha value is -1.65. The van der Waals surface area contributed by atoms with Crippen LogP contribution in [-0.4, -0.2) is 15.2 Å². The largest absolute Gasteiger partial charge is 0.0794 e. The molecule has 2 aromatic carbocycles. The molecule has 0 amide bonds. The average molecular weight is 347 g/mol. The molecule has 0 aliphatic heterocycles. The lowest BCUT2D eigenvalue weighted by atomic mass is 10.1. The Morgan fingerprint density at radius 2 is 0.958 bits per heavy atom. The highest BCUT2D eigenvalue weighted by Gasteiger charge is 2.51. The number of hydrogen-bond donors (Lipinski definition) is 0. The Balaban J connectivity index is 1.75. The molecule has 2 aliphatic rings. The van der Waals surface area contributed by atoms with Gasteiger partial charge < -0.3 is 0 Å². The van der Waals surface area contributed by atoms with Gasteiger partial charge in [0, 0.05) is 0 Å². The van der Waals surface area contributed by atoms with E-state index in [1.54, 1.807) is 11.1 Å². The van der Waals surface area contributed by atoms with Crippen LogP contribution in [0.1, 0.15) is 33.3 Å². The van der Waals surface area contributed by atoms with Gasteiger partial charge in [0.1, 0.15) is 0 Å². The zero-order valence-electron chi connectivity index (χ0n) is 15.1. The van der Waals surface area contributed by atoms with Gasteiger partial charge in [-0.3, -0.25) is 0 Å². The van der Waals surface area contributed by atoms with Crippen LogP contribution in [0.15, 0.2) is 60.7 Å². The Kier molecular flexibility index (Phi) is 3.59. The van der Waals surface area contributed by atoms with Crippen LogP contribution in [0.5, 0.6) is 0 Å². The van der Waals surface area contributed by atoms with Gasteiger partial charge in [-0.25, -0.2) is 0 Å². The van der Waals surface area contributed by atoms with E-state index in [1.165, 1.54) is 11.1 Å². The van der Waals surface area contributed by atoms with E-state index >= 15 is 0 Å². The molecular formula is C22H26Si2. The summed E-state index contributed by atoms with van der Waals surface area (Å²) in [5.41, 5.74) is 7.36. The van der Waals surface area contributed by atoms with Crippen molar-refractivity contribution in [1.82, 2.24) is 0 Å². The van der Waals surface area contributed by atoms with E-state index in [0.717, 1.165) is 0 Å². The highest BCUT2D eigenvalue weighted by Crippen LogP contribution is 2.47. The van der Waals surface area contributed by atoms with Gasteiger partial charge in [0.15, 0.2) is 0 Å². The molecule has 2 atom stereocenters. The van der Waals surface area contributed by atoms with Crippen molar-refractivity contribution < 1.29 is 0 Å². The Morgan fingerprint density at radius 1 is 0.583 bits per heavy atom. The van der Waals surface area contributed by atoms with Crippen LogP contribution < -0.4 is 0 Å². The zero-order chi connectivity index (χ0) is 16.9. The summed E-state index contributed by atoms with van der Waals surface area (Å²) >= 11 is 0. The molecule has 0 spiro atoms. The molecule has 0 saturated heterocycles. The maximum absolute atomic E-state index is 2.64. The molecule has 0 bridgehead atoms. The van der Waals surface area contributed by atoms with Crippen molar-refractivity contribution >= 4 is 27.3 Å². The number of hydrogen-bond acceptors (Lipinski definition) is 0. The van der Waals surface area contributed by atoms with Gasteiger partial charge in [0.2, 0.25) is 0 Å². The van der Waals surface area contributed by atoms with Gasteiger partial charge >= 0.3 is 0 Å². The summed E-state index contributed by atoms with van der Waals surface area (Å²) in [6.07, 6.45) is 9.74. The Morgan fingerprint density at radius 3 is 1.38 bits per heavy atom. The monoisotopic (exact) mass is 346 g/mol. The topological polar surface area (TPSA) is 0 Å². The molecule has 0 nitrogen and oxygen atoms in total. The minimum Gasteiger partial charge on any atom is -0.0794 e. The molecule has 122 valence electrons. The lowest BCUT2D eigenvalue weighted by Crippen LogP contribution is -2.61. The maximum atomic E-state index is 2.64. The van der Waals surface area contributed by atoms with Crippen molar-refractivity contribution in [1.29, 1.82) is 0 Å². The van der Waals surface area contributed by atoms with Crippen LogP contribution in [0, 0.1) is 0 Å². The molecule has 2 aliphatic carbocycles. The zero-order valence-corrected chi connectivity index (χ0v) is 17.1. The summed E-state index contributed by atoms with van der Waals surface area (Å²) in [6, 6.07) is 18.0.